The standard InChI is InChI=1S/C17H12ClF2N3O/c1-23-9-21-16(22-23)17(12-7-6-10(19)8-14(12)20)15(24-17)11-4-2-3-5-13(11)18/h2-9,15H,1H3/t15-,17+/m1/s1. The highest BCUT2D eigenvalue weighted by atomic mass is 35.5. The predicted octanol–water partition coefficient (Wildman–Crippen LogP) is 3.76. The molecule has 0 bridgehead atoms. The molecule has 1 aromatic heterocycles. The topological polar surface area (TPSA) is 43.2 Å². The summed E-state index contributed by atoms with van der Waals surface area (Å²) in [6, 6.07) is 10.5. The molecule has 1 aliphatic heterocycles. The molecule has 1 aliphatic rings. The largest absolute Gasteiger partial charge is 0.347 e. The molecule has 0 N–H and O–H groups in total. The van der Waals surface area contributed by atoms with E-state index in [2.05, 4.69) is 10.1 Å². The molecule has 0 aliphatic carbocycles. The second-order valence-corrected chi connectivity index (χ2v) is 6.03. The normalized spacial score (nSPS) is 22.6. The van der Waals surface area contributed by atoms with Gasteiger partial charge in [-0.1, -0.05) is 29.8 Å². The van der Waals surface area contributed by atoms with Gasteiger partial charge in [-0.05, 0) is 18.2 Å². The Balaban J connectivity index is 1.89. The molecule has 2 aromatic carbocycles. The van der Waals surface area contributed by atoms with E-state index in [4.69, 9.17) is 16.3 Å². The van der Waals surface area contributed by atoms with Crippen LogP contribution < -0.4 is 0 Å². The zero-order chi connectivity index (χ0) is 16.9. The second kappa shape index (κ2) is 5.36. The fraction of sp³-hybridized carbons (Fsp3) is 0.176. The van der Waals surface area contributed by atoms with Crippen molar-refractivity contribution in [3.8, 4) is 0 Å². The van der Waals surface area contributed by atoms with E-state index in [1.54, 1.807) is 25.2 Å². The number of aromatic nitrogens is 3. The molecule has 0 saturated carbocycles. The predicted molar refractivity (Wildman–Crippen MR) is 83.4 cm³/mol. The molecule has 7 heteroatoms. The fourth-order valence-corrected chi connectivity index (χ4v) is 3.15. The minimum Gasteiger partial charge on any atom is -0.347 e. The lowest BCUT2D eigenvalue weighted by Crippen LogP contribution is -2.17. The van der Waals surface area contributed by atoms with Crippen molar-refractivity contribution >= 4 is 11.6 Å². The highest BCUT2D eigenvalue weighted by molar-refractivity contribution is 6.31. The summed E-state index contributed by atoms with van der Waals surface area (Å²) in [4.78, 5) is 4.22. The molecule has 1 saturated heterocycles. The van der Waals surface area contributed by atoms with Crippen molar-refractivity contribution in [1.82, 2.24) is 14.8 Å². The van der Waals surface area contributed by atoms with Crippen LogP contribution >= 0.6 is 11.6 Å². The third-order valence-electron chi connectivity index (χ3n) is 4.07. The lowest BCUT2D eigenvalue weighted by atomic mass is 9.90. The molecule has 0 unspecified atom stereocenters. The van der Waals surface area contributed by atoms with Gasteiger partial charge in [-0.2, -0.15) is 5.10 Å². The van der Waals surface area contributed by atoms with Gasteiger partial charge < -0.3 is 4.74 Å². The van der Waals surface area contributed by atoms with Gasteiger partial charge in [0, 0.05) is 29.3 Å². The van der Waals surface area contributed by atoms with Crippen molar-refractivity contribution in [2.24, 2.45) is 7.05 Å². The first-order valence-electron chi connectivity index (χ1n) is 7.26. The van der Waals surface area contributed by atoms with Crippen LogP contribution in [0.2, 0.25) is 5.02 Å². The molecular weight excluding hydrogens is 336 g/mol. The van der Waals surface area contributed by atoms with Crippen LogP contribution in [0.3, 0.4) is 0 Å². The zero-order valence-corrected chi connectivity index (χ0v) is 13.3. The van der Waals surface area contributed by atoms with Gasteiger partial charge in [0.15, 0.2) is 11.4 Å². The van der Waals surface area contributed by atoms with E-state index in [-0.39, 0.29) is 5.56 Å². The first kappa shape index (κ1) is 15.2. The number of rotatable bonds is 3. The Morgan fingerprint density at radius 3 is 2.67 bits per heavy atom. The summed E-state index contributed by atoms with van der Waals surface area (Å²) in [6.07, 6.45) is 0.956. The minimum atomic E-state index is -1.22. The van der Waals surface area contributed by atoms with Crippen LogP contribution in [0, 0.1) is 11.6 Å². The number of hydrogen-bond acceptors (Lipinski definition) is 3. The molecular formula is C17H12ClF2N3O. The summed E-state index contributed by atoms with van der Waals surface area (Å²) in [6.45, 7) is 0. The van der Waals surface area contributed by atoms with Crippen molar-refractivity contribution in [1.29, 1.82) is 0 Å². The number of benzene rings is 2. The number of ether oxygens (including phenoxy) is 1. The van der Waals surface area contributed by atoms with Crippen LogP contribution in [0.15, 0.2) is 48.8 Å². The highest BCUT2D eigenvalue weighted by Gasteiger charge is 2.64. The molecule has 24 heavy (non-hydrogen) atoms. The highest BCUT2D eigenvalue weighted by Crippen LogP contribution is 2.61. The van der Waals surface area contributed by atoms with Gasteiger partial charge in [0.05, 0.1) is 0 Å². The Kier molecular flexibility index (Phi) is 3.40. The van der Waals surface area contributed by atoms with Gasteiger partial charge >= 0.3 is 0 Å². The Bertz CT molecular complexity index is 930. The molecule has 122 valence electrons. The maximum atomic E-state index is 14.5. The van der Waals surface area contributed by atoms with Crippen LogP contribution in [0.4, 0.5) is 8.78 Å². The average molecular weight is 348 g/mol. The quantitative estimate of drug-likeness (QED) is 0.677. The van der Waals surface area contributed by atoms with Crippen molar-refractivity contribution in [2.45, 2.75) is 11.7 Å². The SMILES string of the molecule is Cn1cnc([C@@]2(c3ccc(F)cc3F)O[C@@H]2c2ccccc2Cl)n1. The van der Waals surface area contributed by atoms with E-state index in [9.17, 15) is 8.78 Å². The van der Waals surface area contributed by atoms with Crippen LogP contribution in [0.1, 0.15) is 23.1 Å². The number of halogens is 3. The number of aryl methyl sites for hydroxylation is 1. The third-order valence-corrected chi connectivity index (χ3v) is 4.41. The van der Waals surface area contributed by atoms with Crippen LogP contribution in [0.25, 0.3) is 0 Å². The van der Waals surface area contributed by atoms with E-state index < -0.39 is 23.3 Å². The van der Waals surface area contributed by atoms with Crippen molar-refractivity contribution < 1.29 is 13.5 Å². The summed E-state index contributed by atoms with van der Waals surface area (Å²) in [5.41, 5.74) is -0.334. The van der Waals surface area contributed by atoms with Gasteiger partial charge in [-0.3, -0.25) is 4.68 Å². The molecule has 2 atom stereocenters. The van der Waals surface area contributed by atoms with E-state index in [1.165, 1.54) is 23.1 Å². The molecule has 3 aromatic rings. The van der Waals surface area contributed by atoms with Crippen LogP contribution in [-0.2, 0) is 17.4 Å². The Morgan fingerprint density at radius 1 is 1.21 bits per heavy atom. The Labute approximate surface area is 141 Å². The number of epoxide rings is 1. The second-order valence-electron chi connectivity index (χ2n) is 5.62. The number of nitrogens with zero attached hydrogens (tertiary/aromatic N) is 3. The smallest absolute Gasteiger partial charge is 0.190 e. The summed E-state index contributed by atoms with van der Waals surface area (Å²) >= 11 is 6.25. The molecule has 0 amide bonds. The molecule has 0 spiro atoms. The van der Waals surface area contributed by atoms with Gasteiger partial charge in [0.25, 0.3) is 0 Å². The lowest BCUT2D eigenvalue weighted by Gasteiger charge is -2.12. The molecule has 1 fully saturated rings. The maximum Gasteiger partial charge on any atom is 0.190 e. The van der Waals surface area contributed by atoms with E-state index in [0.29, 0.717) is 16.4 Å². The fourth-order valence-electron chi connectivity index (χ4n) is 2.92. The average Bonchev–Trinajstić information content (AvgIpc) is 3.12. The first-order valence-corrected chi connectivity index (χ1v) is 7.64. The van der Waals surface area contributed by atoms with Crippen LogP contribution in [0.5, 0.6) is 0 Å². The van der Waals surface area contributed by atoms with Crippen LogP contribution in [-0.4, -0.2) is 14.8 Å². The lowest BCUT2D eigenvalue weighted by molar-refractivity contribution is 0.313. The monoisotopic (exact) mass is 347 g/mol. The van der Waals surface area contributed by atoms with Crippen molar-refractivity contribution in [3.05, 3.63) is 82.4 Å². The van der Waals surface area contributed by atoms with E-state index in [0.717, 1.165) is 6.07 Å². The molecule has 4 nitrogen and oxygen atoms in total. The van der Waals surface area contributed by atoms with Gasteiger partial charge in [0.1, 0.15) is 24.1 Å². The summed E-state index contributed by atoms with van der Waals surface area (Å²) in [7, 11) is 1.71. The van der Waals surface area contributed by atoms with E-state index in [1.807, 2.05) is 6.07 Å². The van der Waals surface area contributed by atoms with Gasteiger partial charge in [-0.15, -0.1) is 0 Å². The van der Waals surface area contributed by atoms with Gasteiger partial charge in [-0.25, -0.2) is 13.8 Å². The molecule has 2 heterocycles. The van der Waals surface area contributed by atoms with Gasteiger partial charge in [0.2, 0.25) is 0 Å². The van der Waals surface area contributed by atoms with Crippen molar-refractivity contribution in [2.75, 3.05) is 0 Å². The Morgan fingerprint density at radius 2 is 2.00 bits per heavy atom. The summed E-state index contributed by atoms with van der Waals surface area (Å²) < 4.78 is 35.2. The summed E-state index contributed by atoms with van der Waals surface area (Å²) in [5.74, 6) is -1.06. The van der Waals surface area contributed by atoms with E-state index >= 15 is 0 Å². The maximum absolute atomic E-state index is 14.5. The number of hydrogen-bond donors (Lipinski definition) is 0. The van der Waals surface area contributed by atoms with Crippen molar-refractivity contribution in [3.63, 3.8) is 0 Å². The zero-order valence-electron chi connectivity index (χ0n) is 12.6. The molecule has 4 rings (SSSR count). The summed E-state index contributed by atoms with van der Waals surface area (Å²) in [5, 5.41) is 4.77. The Hall–Kier alpha value is -2.31. The minimum absolute atomic E-state index is 0.181. The third kappa shape index (κ3) is 2.22. The first-order chi connectivity index (χ1) is 11.5. The molecule has 0 radical (unpaired) electrons.